The summed E-state index contributed by atoms with van der Waals surface area (Å²) >= 11 is 18.8. The predicted molar refractivity (Wildman–Crippen MR) is 98.8 cm³/mol. The van der Waals surface area contributed by atoms with Gasteiger partial charge in [0.25, 0.3) is 0 Å². The monoisotopic (exact) mass is 365 g/mol. The molecule has 2 aromatic rings. The lowest BCUT2D eigenvalue weighted by Gasteiger charge is -2.46. The van der Waals surface area contributed by atoms with Crippen molar-refractivity contribution >= 4 is 53.6 Å². The van der Waals surface area contributed by atoms with Gasteiger partial charge in [-0.05, 0) is 0 Å². The lowest BCUT2D eigenvalue weighted by molar-refractivity contribution is 0.00721. The number of benzene rings is 2. The van der Waals surface area contributed by atoms with Crippen LogP contribution in [0.2, 0.25) is 0 Å². The zero-order valence-electron chi connectivity index (χ0n) is 12.0. The van der Waals surface area contributed by atoms with Crippen molar-refractivity contribution in [1.82, 2.24) is 15.0 Å². The summed E-state index contributed by atoms with van der Waals surface area (Å²) in [7, 11) is 0. The third kappa shape index (κ3) is 3.28. The quantitative estimate of drug-likeness (QED) is 0.728. The second-order valence-electron chi connectivity index (χ2n) is 5.18. The molecule has 1 saturated heterocycles. The first kappa shape index (κ1) is 17.2. The maximum Gasteiger partial charge on any atom is 0.401 e. The molecule has 3 rings (SSSR count). The zero-order chi connectivity index (χ0) is 16.4. The minimum absolute atomic E-state index is 0.591. The maximum absolute atomic E-state index is 11.6. The fourth-order valence-corrected chi connectivity index (χ4v) is 3.88. The summed E-state index contributed by atoms with van der Waals surface area (Å²) in [6.07, 6.45) is -2.13. The average Bonchev–Trinajstić information content (AvgIpc) is 2.55. The van der Waals surface area contributed by atoms with Crippen LogP contribution in [0, 0.1) is 0 Å². The molecule has 0 aromatic heterocycles. The van der Waals surface area contributed by atoms with Gasteiger partial charge in [0.2, 0.25) is 0 Å². The Labute approximate surface area is 151 Å². The molecule has 116 valence electrons. The molecular weight excluding hydrogens is 353 g/mol. The molecule has 3 N–H and O–H groups in total. The van der Waals surface area contributed by atoms with E-state index in [0.29, 0.717) is 11.1 Å². The summed E-state index contributed by atoms with van der Waals surface area (Å²) < 4.78 is 1.53. The van der Waals surface area contributed by atoms with E-state index in [1.807, 2.05) is 60.7 Å². The van der Waals surface area contributed by atoms with E-state index in [0.717, 1.165) is 0 Å². The van der Waals surface area contributed by atoms with Crippen LogP contribution in [0.4, 0.5) is 0 Å². The van der Waals surface area contributed by atoms with Crippen molar-refractivity contribution in [2.24, 2.45) is 0 Å². The number of nitrogens with zero attached hydrogens (tertiary/aromatic N) is 1. The molecule has 0 amide bonds. The van der Waals surface area contributed by atoms with Gasteiger partial charge in [0.15, 0.2) is 5.72 Å². The molecule has 23 heavy (non-hydrogen) atoms. The fourth-order valence-electron chi connectivity index (χ4n) is 2.70. The highest BCUT2D eigenvalue weighted by Crippen LogP contribution is 2.36. The van der Waals surface area contributed by atoms with Crippen LogP contribution < -0.4 is 10.3 Å². The normalized spacial score (nSPS) is 16.8. The van der Waals surface area contributed by atoms with Crippen LogP contribution in [0.1, 0.15) is 11.1 Å². The van der Waals surface area contributed by atoms with Crippen molar-refractivity contribution in [2.75, 3.05) is 0 Å². The molecular formula is C13H13B3Cl3N3O. The Morgan fingerprint density at radius 1 is 0.783 bits per heavy atom. The standard InChI is InChI=1S/C13H13B3Cl3N3O/c17-14-20-15(18)22(16(19)21-14)13(23,11-7-3-1-4-8-11)12-9-5-2-6-10-12/h1-10,20-21,23H. The van der Waals surface area contributed by atoms with Crippen molar-refractivity contribution in [3.8, 4) is 0 Å². The first-order chi connectivity index (χ1) is 11.0. The molecule has 0 bridgehead atoms. The van der Waals surface area contributed by atoms with Crippen molar-refractivity contribution in [3.63, 3.8) is 0 Å². The highest BCUT2D eigenvalue weighted by Gasteiger charge is 2.52. The molecule has 0 saturated carbocycles. The number of nitrogens with one attached hydrogen (secondary N) is 2. The molecule has 10 heteroatoms. The molecule has 1 aliphatic rings. The minimum Gasteiger partial charge on any atom is -0.369 e. The molecule has 4 nitrogen and oxygen atoms in total. The van der Waals surface area contributed by atoms with Crippen molar-refractivity contribution in [2.45, 2.75) is 5.72 Å². The molecule has 1 heterocycles. The number of hydrogen-bond donors (Lipinski definition) is 3. The molecule has 0 aliphatic carbocycles. The van der Waals surface area contributed by atoms with Crippen LogP contribution in [-0.2, 0) is 5.72 Å². The van der Waals surface area contributed by atoms with Gasteiger partial charge < -0.3 is 15.4 Å². The van der Waals surface area contributed by atoms with E-state index in [2.05, 4.69) is 10.3 Å². The van der Waals surface area contributed by atoms with Crippen LogP contribution in [0.5, 0.6) is 0 Å². The van der Waals surface area contributed by atoms with Gasteiger partial charge in [-0.1, -0.05) is 60.7 Å². The Balaban J connectivity index is 2.13. The molecule has 1 aliphatic heterocycles. The van der Waals surface area contributed by atoms with E-state index in [9.17, 15) is 5.11 Å². The van der Waals surface area contributed by atoms with E-state index in [1.54, 1.807) is 0 Å². The molecule has 0 spiro atoms. The Morgan fingerprint density at radius 2 is 1.17 bits per heavy atom. The lowest BCUT2D eigenvalue weighted by atomic mass is 9.72. The Hall–Kier alpha value is -0.655. The minimum atomic E-state index is -1.53. The van der Waals surface area contributed by atoms with Crippen LogP contribution in [-0.4, -0.2) is 29.0 Å². The van der Waals surface area contributed by atoms with Gasteiger partial charge in [0.1, 0.15) is 0 Å². The van der Waals surface area contributed by atoms with Gasteiger partial charge in [-0.3, -0.25) is 4.72 Å². The molecule has 2 aromatic carbocycles. The van der Waals surface area contributed by atoms with Gasteiger partial charge in [-0.2, -0.15) is 34.4 Å². The van der Waals surface area contributed by atoms with Gasteiger partial charge in [0, 0.05) is 11.1 Å². The van der Waals surface area contributed by atoms with Gasteiger partial charge >= 0.3 is 19.2 Å². The summed E-state index contributed by atoms with van der Waals surface area (Å²) in [5, 5.41) is 17.5. The van der Waals surface area contributed by atoms with Gasteiger partial charge in [-0.25, -0.2) is 0 Å². The summed E-state index contributed by atoms with van der Waals surface area (Å²) in [4.78, 5) is 0. The van der Waals surface area contributed by atoms with Crippen molar-refractivity contribution in [1.29, 1.82) is 0 Å². The highest BCUT2D eigenvalue weighted by atomic mass is 35.5. The third-order valence-electron chi connectivity index (χ3n) is 3.78. The average molecular weight is 366 g/mol. The van der Waals surface area contributed by atoms with Crippen LogP contribution in [0.15, 0.2) is 60.7 Å². The summed E-state index contributed by atoms with van der Waals surface area (Å²) in [5.74, 6) is 0. The van der Waals surface area contributed by atoms with Crippen LogP contribution in [0.3, 0.4) is 0 Å². The third-order valence-corrected chi connectivity index (χ3v) is 4.71. The second-order valence-corrected chi connectivity index (χ2v) is 6.44. The molecule has 0 atom stereocenters. The molecule has 0 radical (unpaired) electrons. The van der Waals surface area contributed by atoms with Crippen LogP contribution >= 0.6 is 34.4 Å². The second kappa shape index (κ2) is 7.07. The maximum atomic E-state index is 11.6. The molecule has 1 fully saturated rings. The predicted octanol–water partition coefficient (Wildman–Crippen LogP) is 2.05. The summed E-state index contributed by atoms with van der Waals surface area (Å²) in [5.41, 5.74) is -0.225. The van der Waals surface area contributed by atoms with E-state index >= 15 is 0 Å². The van der Waals surface area contributed by atoms with Crippen molar-refractivity contribution < 1.29 is 5.11 Å². The fraction of sp³-hybridized carbons (Fsp3) is 0.0769. The van der Waals surface area contributed by atoms with Gasteiger partial charge in [0.05, 0.1) is 0 Å². The molecule has 0 unspecified atom stereocenters. The Kier molecular flexibility index (Phi) is 5.28. The van der Waals surface area contributed by atoms with E-state index in [1.165, 1.54) is 4.72 Å². The number of hydrogen-bond acceptors (Lipinski definition) is 4. The Morgan fingerprint density at radius 3 is 1.57 bits per heavy atom. The van der Waals surface area contributed by atoms with E-state index in [-0.39, 0.29) is 0 Å². The number of rotatable bonds is 3. The topological polar surface area (TPSA) is 47.5 Å². The summed E-state index contributed by atoms with van der Waals surface area (Å²) in [6.45, 7) is 0. The summed E-state index contributed by atoms with van der Waals surface area (Å²) in [6, 6.07) is 18.5. The lowest BCUT2D eigenvalue weighted by Crippen LogP contribution is -2.75. The van der Waals surface area contributed by atoms with E-state index in [4.69, 9.17) is 34.4 Å². The van der Waals surface area contributed by atoms with Crippen molar-refractivity contribution in [3.05, 3.63) is 71.8 Å². The number of aliphatic hydroxyl groups is 1. The van der Waals surface area contributed by atoms with E-state index < -0.39 is 24.9 Å². The largest absolute Gasteiger partial charge is 0.401 e. The van der Waals surface area contributed by atoms with Gasteiger partial charge in [-0.15, -0.1) is 0 Å². The first-order valence-electron chi connectivity index (χ1n) is 7.09. The zero-order valence-corrected chi connectivity index (χ0v) is 14.3. The number of halogens is 3. The smallest absolute Gasteiger partial charge is 0.369 e. The Bertz CT molecular complexity index is 603. The highest BCUT2D eigenvalue weighted by molar-refractivity contribution is 7.26. The van der Waals surface area contributed by atoms with Crippen LogP contribution in [0.25, 0.3) is 0 Å². The first-order valence-corrected chi connectivity index (χ1v) is 8.40. The SMILES string of the molecule is OC(c1ccccc1)(c1ccccc1)N1B(Cl)NB(Cl)NB1Cl.